The second-order valence-corrected chi connectivity index (χ2v) is 5.20. The summed E-state index contributed by atoms with van der Waals surface area (Å²) in [6, 6.07) is 19.8. The van der Waals surface area contributed by atoms with Gasteiger partial charge in [-0.15, -0.1) is 0 Å². The first-order valence-corrected chi connectivity index (χ1v) is 6.84. The van der Waals surface area contributed by atoms with Gasteiger partial charge in [0.05, 0.1) is 0 Å². The standard InChI is InChI=1S/C17H17NO2/c19-17(20)15-11-14(12-7-3-1-4-8-12)16(18-15)13-9-5-2-6-10-13/h1-10,14-16,18H,11H2,(H,19,20)/t14-,15?,16-/m1/s1. The molecule has 2 aromatic rings. The predicted octanol–water partition coefficient (Wildman–Crippen LogP) is 2.96. The Morgan fingerprint density at radius 1 is 0.950 bits per heavy atom. The number of benzene rings is 2. The fourth-order valence-corrected chi connectivity index (χ4v) is 2.98. The summed E-state index contributed by atoms with van der Waals surface area (Å²) >= 11 is 0. The summed E-state index contributed by atoms with van der Waals surface area (Å²) in [7, 11) is 0. The van der Waals surface area contributed by atoms with E-state index in [0.717, 1.165) is 5.56 Å². The van der Waals surface area contributed by atoms with Gasteiger partial charge in [-0.3, -0.25) is 10.1 Å². The first kappa shape index (κ1) is 12.9. The highest BCUT2D eigenvalue weighted by atomic mass is 16.4. The molecule has 0 aromatic heterocycles. The van der Waals surface area contributed by atoms with Crippen LogP contribution in [0.2, 0.25) is 0 Å². The molecule has 20 heavy (non-hydrogen) atoms. The van der Waals surface area contributed by atoms with Gasteiger partial charge in [-0.05, 0) is 17.5 Å². The van der Waals surface area contributed by atoms with Crippen LogP contribution in [0.5, 0.6) is 0 Å². The van der Waals surface area contributed by atoms with Crippen molar-refractivity contribution in [2.24, 2.45) is 0 Å². The number of carboxylic acids is 1. The van der Waals surface area contributed by atoms with Crippen LogP contribution >= 0.6 is 0 Å². The van der Waals surface area contributed by atoms with Crippen LogP contribution in [0.4, 0.5) is 0 Å². The number of aliphatic carboxylic acids is 1. The SMILES string of the molecule is O=C(O)C1C[C@H](c2ccccc2)[C@@H](c2ccccc2)N1. The highest BCUT2D eigenvalue weighted by molar-refractivity contribution is 5.74. The molecular formula is C17H17NO2. The lowest BCUT2D eigenvalue weighted by Crippen LogP contribution is -2.31. The van der Waals surface area contributed by atoms with E-state index in [1.807, 2.05) is 36.4 Å². The number of carboxylic acid groups (broad SMARTS) is 1. The Morgan fingerprint density at radius 3 is 2.05 bits per heavy atom. The molecule has 1 aliphatic rings. The maximum Gasteiger partial charge on any atom is 0.320 e. The fraction of sp³-hybridized carbons (Fsp3) is 0.235. The lowest BCUT2D eigenvalue weighted by Gasteiger charge is -2.20. The van der Waals surface area contributed by atoms with Crippen molar-refractivity contribution in [1.82, 2.24) is 5.32 Å². The quantitative estimate of drug-likeness (QED) is 0.899. The third kappa shape index (κ3) is 2.45. The van der Waals surface area contributed by atoms with Crippen molar-refractivity contribution < 1.29 is 9.90 Å². The van der Waals surface area contributed by atoms with E-state index < -0.39 is 12.0 Å². The van der Waals surface area contributed by atoms with Crippen LogP contribution in [0.1, 0.15) is 29.5 Å². The lowest BCUT2D eigenvalue weighted by molar-refractivity contribution is -0.139. The highest BCUT2D eigenvalue weighted by Gasteiger charge is 2.38. The first-order valence-electron chi connectivity index (χ1n) is 6.84. The molecule has 2 N–H and O–H groups in total. The topological polar surface area (TPSA) is 49.3 Å². The van der Waals surface area contributed by atoms with Gasteiger partial charge >= 0.3 is 5.97 Å². The number of hydrogen-bond acceptors (Lipinski definition) is 2. The van der Waals surface area contributed by atoms with Gasteiger partial charge in [0, 0.05) is 12.0 Å². The molecule has 102 valence electrons. The molecule has 3 atom stereocenters. The maximum atomic E-state index is 11.3. The summed E-state index contributed by atoms with van der Waals surface area (Å²) in [6.07, 6.45) is 0.624. The van der Waals surface area contributed by atoms with Crippen LogP contribution < -0.4 is 5.32 Å². The summed E-state index contributed by atoms with van der Waals surface area (Å²) in [4.78, 5) is 11.3. The molecule has 1 heterocycles. The van der Waals surface area contributed by atoms with Crippen molar-refractivity contribution in [2.45, 2.75) is 24.4 Å². The molecule has 1 aliphatic heterocycles. The van der Waals surface area contributed by atoms with Crippen molar-refractivity contribution in [2.75, 3.05) is 0 Å². The number of rotatable bonds is 3. The summed E-state index contributed by atoms with van der Waals surface area (Å²) in [5, 5.41) is 12.5. The van der Waals surface area contributed by atoms with Gasteiger partial charge in [-0.1, -0.05) is 60.7 Å². The fourth-order valence-electron chi connectivity index (χ4n) is 2.98. The predicted molar refractivity (Wildman–Crippen MR) is 77.5 cm³/mol. The van der Waals surface area contributed by atoms with Gasteiger partial charge in [0.2, 0.25) is 0 Å². The average molecular weight is 267 g/mol. The van der Waals surface area contributed by atoms with Gasteiger partial charge in [-0.2, -0.15) is 0 Å². The maximum absolute atomic E-state index is 11.3. The van der Waals surface area contributed by atoms with Crippen molar-refractivity contribution in [1.29, 1.82) is 0 Å². The largest absolute Gasteiger partial charge is 0.480 e. The van der Waals surface area contributed by atoms with Crippen LogP contribution in [-0.2, 0) is 4.79 Å². The zero-order chi connectivity index (χ0) is 13.9. The van der Waals surface area contributed by atoms with Crippen LogP contribution in [0.25, 0.3) is 0 Å². The van der Waals surface area contributed by atoms with E-state index in [-0.39, 0.29) is 12.0 Å². The van der Waals surface area contributed by atoms with Crippen molar-refractivity contribution in [3.05, 3.63) is 71.8 Å². The monoisotopic (exact) mass is 267 g/mol. The molecule has 1 unspecified atom stereocenters. The van der Waals surface area contributed by atoms with Crippen molar-refractivity contribution in [3.63, 3.8) is 0 Å². The van der Waals surface area contributed by atoms with E-state index in [2.05, 4.69) is 29.6 Å². The second-order valence-electron chi connectivity index (χ2n) is 5.20. The van der Waals surface area contributed by atoms with Crippen LogP contribution in [0.15, 0.2) is 60.7 Å². The van der Waals surface area contributed by atoms with E-state index in [9.17, 15) is 9.90 Å². The smallest absolute Gasteiger partial charge is 0.320 e. The molecule has 0 saturated carbocycles. The van der Waals surface area contributed by atoms with Crippen LogP contribution in [0, 0.1) is 0 Å². The Labute approximate surface area is 118 Å². The molecule has 3 heteroatoms. The minimum Gasteiger partial charge on any atom is -0.480 e. The summed E-state index contributed by atoms with van der Waals surface area (Å²) in [6.45, 7) is 0. The molecule has 0 spiro atoms. The molecule has 3 nitrogen and oxygen atoms in total. The van der Waals surface area contributed by atoms with E-state index >= 15 is 0 Å². The Morgan fingerprint density at radius 2 is 1.50 bits per heavy atom. The number of hydrogen-bond donors (Lipinski definition) is 2. The minimum atomic E-state index is -0.774. The van der Waals surface area contributed by atoms with Gasteiger partial charge in [0.25, 0.3) is 0 Å². The molecule has 0 bridgehead atoms. The zero-order valence-corrected chi connectivity index (χ0v) is 11.1. The molecular weight excluding hydrogens is 250 g/mol. The van der Waals surface area contributed by atoms with E-state index in [0.29, 0.717) is 6.42 Å². The minimum absolute atomic E-state index is 0.0553. The molecule has 0 aliphatic carbocycles. The molecule has 2 aromatic carbocycles. The van der Waals surface area contributed by atoms with Gasteiger partial charge in [-0.25, -0.2) is 0 Å². The molecule has 1 fully saturated rings. The van der Waals surface area contributed by atoms with Gasteiger partial charge in [0.1, 0.15) is 6.04 Å². The Hall–Kier alpha value is -2.13. The zero-order valence-electron chi connectivity index (χ0n) is 11.1. The van der Waals surface area contributed by atoms with Crippen LogP contribution in [0.3, 0.4) is 0 Å². The van der Waals surface area contributed by atoms with E-state index in [1.54, 1.807) is 0 Å². The van der Waals surface area contributed by atoms with E-state index in [4.69, 9.17) is 0 Å². The first-order chi connectivity index (χ1) is 9.75. The van der Waals surface area contributed by atoms with Gasteiger partial charge in [0.15, 0.2) is 0 Å². The molecule has 1 saturated heterocycles. The summed E-state index contributed by atoms with van der Waals surface area (Å²) < 4.78 is 0. The molecule has 0 amide bonds. The normalized spacial score (nSPS) is 25.5. The summed E-state index contributed by atoms with van der Waals surface area (Å²) in [5.41, 5.74) is 2.34. The third-order valence-electron chi connectivity index (χ3n) is 3.96. The summed E-state index contributed by atoms with van der Waals surface area (Å²) in [5.74, 6) is -0.580. The Kier molecular flexibility index (Phi) is 3.52. The highest BCUT2D eigenvalue weighted by Crippen LogP contribution is 2.40. The number of nitrogens with one attached hydrogen (secondary N) is 1. The van der Waals surface area contributed by atoms with Gasteiger partial charge < -0.3 is 5.11 Å². The molecule has 0 radical (unpaired) electrons. The van der Waals surface area contributed by atoms with Crippen molar-refractivity contribution in [3.8, 4) is 0 Å². The molecule has 3 rings (SSSR count). The third-order valence-corrected chi connectivity index (χ3v) is 3.96. The Balaban J connectivity index is 1.95. The lowest BCUT2D eigenvalue weighted by atomic mass is 9.87. The van der Waals surface area contributed by atoms with E-state index in [1.165, 1.54) is 5.56 Å². The average Bonchev–Trinajstić information content (AvgIpc) is 2.94. The van der Waals surface area contributed by atoms with Crippen molar-refractivity contribution >= 4 is 5.97 Å². The second kappa shape index (κ2) is 5.47. The van der Waals surface area contributed by atoms with Crippen LogP contribution in [-0.4, -0.2) is 17.1 Å². The number of carbonyl (C=O) groups is 1. The Bertz CT molecular complexity index is 535.